The van der Waals surface area contributed by atoms with Crippen LogP contribution in [0.2, 0.25) is 0 Å². The summed E-state index contributed by atoms with van der Waals surface area (Å²) >= 11 is 0. The molecule has 3 aliphatic rings. The molecule has 188 valence electrons. The Labute approximate surface area is 208 Å². The van der Waals surface area contributed by atoms with Crippen molar-refractivity contribution in [2.24, 2.45) is 0 Å². The molecule has 6 heteroatoms. The molecule has 1 spiro atoms. The minimum Gasteiger partial charge on any atom is -0.365 e. The van der Waals surface area contributed by atoms with Crippen LogP contribution in [0.1, 0.15) is 51.3 Å². The third kappa shape index (κ3) is 5.38. The first-order valence-corrected chi connectivity index (χ1v) is 12.4. The molecule has 0 unspecified atom stereocenters. The molecule has 0 N–H and O–H groups in total. The van der Waals surface area contributed by atoms with Crippen LogP contribution >= 0.6 is 0 Å². The molecule has 0 aliphatic carbocycles. The Kier molecular flexibility index (Phi) is 6.64. The first-order chi connectivity index (χ1) is 16.6. The monoisotopic (exact) mass is 480 g/mol. The Morgan fingerprint density at radius 3 is 2.37 bits per heavy atom. The lowest BCUT2D eigenvalue weighted by molar-refractivity contribution is -0.335. The van der Waals surface area contributed by atoms with E-state index in [0.717, 1.165) is 11.1 Å². The second kappa shape index (κ2) is 9.43. The number of hydrogen-bond donors (Lipinski definition) is 0. The molecular formula is C29H36O6. The van der Waals surface area contributed by atoms with Crippen molar-refractivity contribution in [2.75, 3.05) is 13.2 Å². The highest BCUT2D eigenvalue weighted by Gasteiger charge is 2.62. The zero-order valence-corrected chi connectivity index (χ0v) is 21.2. The summed E-state index contributed by atoms with van der Waals surface area (Å²) in [5.74, 6) is -1.81. The smallest absolute Gasteiger partial charge is 0.224 e. The number of rotatable bonds is 5. The minimum absolute atomic E-state index is 0.103. The first kappa shape index (κ1) is 24.6. The third-order valence-corrected chi connectivity index (χ3v) is 6.72. The van der Waals surface area contributed by atoms with Crippen LogP contribution in [-0.4, -0.2) is 49.4 Å². The van der Waals surface area contributed by atoms with E-state index in [9.17, 15) is 0 Å². The Balaban J connectivity index is 1.33. The summed E-state index contributed by atoms with van der Waals surface area (Å²) in [7, 11) is 0. The van der Waals surface area contributed by atoms with Crippen molar-refractivity contribution in [1.82, 2.24) is 0 Å². The van der Waals surface area contributed by atoms with Gasteiger partial charge in [0.2, 0.25) is 5.79 Å². The lowest BCUT2D eigenvalue weighted by atomic mass is 9.87. The minimum atomic E-state index is -1.04. The fraction of sp³-hybridized carbons (Fsp3) is 0.517. The van der Waals surface area contributed by atoms with Crippen LogP contribution in [0.5, 0.6) is 0 Å². The normalized spacial score (nSPS) is 32.4. The van der Waals surface area contributed by atoms with Gasteiger partial charge in [0, 0.05) is 0 Å². The number of ether oxygens (including phenoxy) is 6. The van der Waals surface area contributed by atoms with Crippen LogP contribution in [0.15, 0.2) is 60.7 Å². The quantitative estimate of drug-likeness (QED) is 0.586. The maximum Gasteiger partial charge on any atom is 0.224 e. The van der Waals surface area contributed by atoms with Crippen molar-refractivity contribution in [3.8, 4) is 0 Å². The Hall–Kier alpha value is -2.06. The Morgan fingerprint density at radius 2 is 1.71 bits per heavy atom. The highest BCUT2D eigenvalue weighted by atomic mass is 16.9. The summed E-state index contributed by atoms with van der Waals surface area (Å²) in [5, 5.41) is 0. The van der Waals surface area contributed by atoms with E-state index >= 15 is 0 Å². The number of hydrogen-bond acceptors (Lipinski definition) is 6. The zero-order chi connectivity index (χ0) is 24.7. The second-order valence-electron chi connectivity index (χ2n) is 11.0. The van der Waals surface area contributed by atoms with Gasteiger partial charge in [-0.15, -0.1) is 0 Å². The Bertz CT molecular complexity index is 1030. The SMILES string of the molecule is CC1(C)OC[C@]2(OC[C@H]3O[C@H](/C=C/c4ccccc4)O[C@H]3[C@@H]2OCc2ccc(C(C)(C)C)cc2)O1. The summed E-state index contributed by atoms with van der Waals surface area (Å²) in [4.78, 5) is 0. The van der Waals surface area contributed by atoms with Crippen molar-refractivity contribution in [1.29, 1.82) is 0 Å². The van der Waals surface area contributed by atoms with Gasteiger partial charge in [-0.3, -0.25) is 0 Å². The van der Waals surface area contributed by atoms with Gasteiger partial charge in [-0.2, -0.15) is 0 Å². The predicted octanol–water partition coefficient (Wildman–Crippen LogP) is 5.20. The lowest BCUT2D eigenvalue weighted by Crippen LogP contribution is -2.62. The van der Waals surface area contributed by atoms with E-state index < -0.39 is 24.0 Å². The van der Waals surface area contributed by atoms with Gasteiger partial charge in [-0.1, -0.05) is 81.4 Å². The second-order valence-corrected chi connectivity index (χ2v) is 11.0. The lowest BCUT2D eigenvalue weighted by Gasteiger charge is -2.43. The molecule has 3 aliphatic heterocycles. The maximum absolute atomic E-state index is 6.49. The van der Waals surface area contributed by atoms with Gasteiger partial charge in [0.1, 0.15) is 24.9 Å². The molecule has 3 fully saturated rings. The van der Waals surface area contributed by atoms with Crippen LogP contribution in [0.3, 0.4) is 0 Å². The molecule has 0 amide bonds. The number of fused-ring (bicyclic) bond motifs is 1. The average molecular weight is 481 g/mol. The number of benzene rings is 2. The van der Waals surface area contributed by atoms with Crippen molar-refractivity contribution in [3.63, 3.8) is 0 Å². The maximum atomic E-state index is 6.49. The van der Waals surface area contributed by atoms with E-state index in [4.69, 9.17) is 28.4 Å². The molecule has 2 aromatic rings. The van der Waals surface area contributed by atoms with E-state index in [1.807, 2.05) is 56.3 Å². The van der Waals surface area contributed by atoms with Crippen LogP contribution in [0, 0.1) is 0 Å². The van der Waals surface area contributed by atoms with Crippen molar-refractivity contribution in [2.45, 2.75) is 82.8 Å². The molecule has 0 saturated carbocycles. The fourth-order valence-corrected chi connectivity index (χ4v) is 4.79. The fourth-order valence-electron chi connectivity index (χ4n) is 4.79. The zero-order valence-electron chi connectivity index (χ0n) is 21.2. The third-order valence-electron chi connectivity index (χ3n) is 6.72. The molecule has 2 aromatic carbocycles. The van der Waals surface area contributed by atoms with Gasteiger partial charge < -0.3 is 28.4 Å². The van der Waals surface area contributed by atoms with Crippen LogP contribution in [0.4, 0.5) is 0 Å². The topological polar surface area (TPSA) is 55.4 Å². The van der Waals surface area contributed by atoms with Crippen LogP contribution in [0.25, 0.3) is 6.08 Å². The Morgan fingerprint density at radius 1 is 0.971 bits per heavy atom. The molecule has 0 bridgehead atoms. The van der Waals surface area contributed by atoms with Gasteiger partial charge in [0.25, 0.3) is 0 Å². The van der Waals surface area contributed by atoms with Crippen molar-refractivity contribution < 1.29 is 28.4 Å². The molecule has 35 heavy (non-hydrogen) atoms. The molecular weight excluding hydrogens is 444 g/mol. The molecule has 5 atom stereocenters. The summed E-state index contributed by atoms with van der Waals surface area (Å²) in [6, 6.07) is 18.6. The first-order valence-electron chi connectivity index (χ1n) is 12.4. The van der Waals surface area contributed by atoms with Crippen molar-refractivity contribution in [3.05, 3.63) is 77.4 Å². The van der Waals surface area contributed by atoms with Crippen molar-refractivity contribution >= 4 is 6.08 Å². The van der Waals surface area contributed by atoms with Gasteiger partial charge >= 0.3 is 0 Å². The van der Waals surface area contributed by atoms with Crippen LogP contribution < -0.4 is 0 Å². The summed E-state index contributed by atoms with van der Waals surface area (Å²) in [6.07, 6.45) is 2.33. The van der Waals surface area contributed by atoms with E-state index in [0.29, 0.717) is 13.2 Å². The molecule has 0 radical (unpaired) electrons. The van der Waals surface area contributed by atoms with E-state index in [-0.39, 0.29) is 24.2 Å². The summed E-state index contributed by atoms with van der Waals surface area (Å²) in [5.41, 5.74) is 3.55. The molecule has 3 heterocycles. The van der Waals surface area contributed by atoms with E-state index in [1.54, 1.807) is 0 Å². The van der Waals surface area contributed by atoms with Crippen LogP contribution in [-0.2, 0) is 40.4 Å². The molecule has 0 aromatic heterocycles. The predicted molar refractivity (Wildman–Crippen MR) is 133 cm³/mol. The van der Waals surface area contributed by atoms with Gasteiger partial charge in [0.05, 0.1) is 13.2 Å². The summed E-state index contributed by atoms with van der Waals surface area (Å²) in [6.45, 7) is 11.4. The summed E-state index contributed by atoms with van der Waals surface area (Å²) < 4.78 is 37.5. The van der Waals surface area contributed by atoms with Gasteiger partial charge in [-0.05, 0) is 42.0 Å². The molecule has 3 saturated heterocycles. The van der Waals surface area contributed by atoms with Gasteiger partial charge in [-0.25, -0.2) is 0 Å². The molecule has 6 nitrogen and oxygen atoms in total. The standard InChI is InChI=1S/C29H36O6/c1-27(2,3)22-14-11-21(12-15-22)17-30-26-25-23(18-31-29(26)19-32-28(4,5)35-29)33-24(34-25)16-13-20-9-7-6-8-10-20/h6-16,23-26H,17-19H2,1-5H3/b16-13+/t23-,24+,25-,26+,29+/m1/s1. The van der Waals surface area contributed by atoms with E-state index in [1.165, 1.54) is 5.56 Å². The highest BCUT2D eigenvalue weighted by molar-refractivity contribution is 5.49. The molecule has 5 rings (SSSR count). The van der Waals surface area contributed by atoms with E-state index in [2.05, 4.69) is 45.0 Å². The average Bonchev–Trinajstić information content (AvgIpc) is 3.38. The largest absolute Gasteiger partial charge is 0.365 e. The highest BCUT2D eigenvalue weighted by Crippen LogP contribution is 2.44. The van der Waals surface area contributed by atoms with Gasteiger partial charge in [0.15, 0.2) is 12.1 Å².